The number of hydrogen-bond acceptors (Lipinski definition) is 12. The lowest BCUT2D eigenvalue weighted by Crippen LogP contribution is -2.54. The maximum absolute atomic E-state index is 12.6. The van der Waals surface area contributed by atoms with E-state index in [0.29, 0.717) is 5.41 Å². The highest BCUT2D eigenvalue weighted by Crippen LogP contribution is 2.49. The van der Waals surface area contributed by atoms with Crippen molar-refractivity contribution in [2.75, 3.05) is 6.61 Å². The molecular formula is C21H18ClN5O8S. The van der Waals surface area contributed by atoms with Crippen LogP contribution in [0.2, 0.25) is 5.15 Å². The molecule has 0 bridgehead atoms. The first-order valence-corrected chi connectivity index (χ1v) is 12.3. The molecule has 2 aromatic heterocycles. The van der Waals surface area contributed by atoms with Gasteiger partial charge in [-0.15, -0.1) is 0 Å². The lowest BCUT2D eigenvalue weighted by atomic mass is 9.89. The molecule has 0 amide bonds. The van der Waals surface area contributed by atoms with Gasteiger partial charge in [0.2, 0.25) is 0 Å². The van der Waals surface area contributed by atoms with Crippen molar-refractivity contribution in [1.82, 2.24) is 19.5 Å². The van der Waals surface area contributed by atoms with E-state index in [9.17, 15) is 18.0 Å². The molecule has 1 saturated heterocycles. The second kappa shape index (κ2) is 8.81. The number of rotatable bonds is 5. The number of halogens is 1. The van der Waals surface area contributed by atoms with Crippen LogP contribution in [0.15, 0.2) is 54.1 Å². The number of benzene rings is 1. The van der Waals surface area contributed by atoms with E-state index in [0.717, 1.165) is 6.92 Å². The topological polar surface area (TPSA) is 175 Å². The average molecular weight is 536 g/mol. The van der Waals surface area contributed by atoms with Crippen molar-refractivity contribution in [3.8, 4) is 0 Å². The number of aromatic nitrogens is 4. The summed E-state index contributed by atoms with van der Waals surface area (Å²) in [5.41, 5.74) is 4.50. The predicted molar refractivity (Wildman–Crippen MR) is 122 cm³/mol. The molecule has 2 aliphatic heterocycles. The molecule has 0 unspecified atom stereocenters. The van der Waals surface area contributed by atoms with Gasteiger partial charge in [-0.05, 0) is 12.1 Å². The minimum Gasteiger partial charge on any atom is -0.459 e. The number of imidazole rings is 1. The van der Waals surface area contributed by atoms with E-state index < -0.39 is 52.7 Å². The van der Waals surface area contributed by atoms with Crippen molar-refractivity contribution in [3.05, 3.63) is 64.8 Å². The molecule has 1 fully saturated rings. The summed E-state index contributed by atoms with van der Waals surface area (Å²) < 4.78 is 48.7. The third-order valence-electron chi connectivity index (χ3n) is 5.70. The monoisotopic (exact) mass is 535 g/mol. The number of nitrogens with zero attached hydrogens (tertiary/aromatic N) is 4. The van der Waals surface area contributed by atoms with Crippen LogP contribution in [0, 0.1) is 0 Å². The van der Waals surface area contributed by atoms with Gasteiger partial charge in [0.05, 0.1) is 23.0 Å². The van der Waals surface area contributed by atoms with Crippen LogP contribution in [0.25, 0.3) is 11.2 Å². The van der Waals surface area contributed by atoms with E-state index >= 15 is 0 Å². The highest BCUT2D eigenvalue weighted by molar-refractivity contribution is 7.90. The van der Waals surface area contributed by atoms with Crippen LogP contribution >= 0.6 is 11.6 Å². The highest BCUT2D eigenvalue weighted by Gasteiger charge is 2.67. The van der Waals surface area contributed by atoms with Gasteiger partial charge in [0.1, 0.15) is 24.6 Å². The van der Waals surface area contributed by atoms with E-state index in [-0.39, 0.29) is 27.6 Å². The molecule has 4 atom stereocenters. The number of nitrogens with two attached hydrogens (primary N) is 1. The van der Waals surface area contributed by atoms with Gasteiger partial charge in [0.25, 0.3) is 10.1 Å². The number of hydrogen-bond donors (Lipinski definition) is 1. The van der Waals surface area contributed by atoms with Crippen LogP contribution in [-0.4, -0.2) is 64.3 Å². The molecule has 13 nitrogen and oxygen atoms in total. The summed E-state index contributed by atoms with van der Waals surface area (Å²) in [6, 6.07) is 8.13. The molecule has 36 heavy (non-hydrogen) atoms. The molecule has 188 valence electrons. The van der Waals surface area contributed by atoms with E-state index in [2.05, 4.69) is 15.0 Å². The molecule has 0 saturated carbocycles. The van der Waals surface area contributed by atoms with Crippen LogP contribution in [-0.2, 0) is 33.3 Å². The van der Waals surface area contributed by atoms with Gasteiger partial charge in [-0.1, -0.05) is 29.8 Å². The van der Waals surface area contributed by atoms with Gasteiger partial charge in [-0.3, -0.25) is 9.36 Å². The fraction of sp³-hybridized carbons (Fsp3) is 0.286. The van der Waals surface area contributed by atoms with E-state index in [4.69, 9.17) is 35.7 Å². The Hall–Kier alpha value is -3.59. The van der Waals surface area contributed by atoms with Crippen molar-refractivity contribution in [2.24, 2.45) is 5.73 Å². The minimum atomic E-state index is -4.29. The van der Waals surface area contributed by atoms with Crippen LogP contribution in [0.5, 0.6) is 0 Å². The van der Waals surface area contributed by atoms with Crippen molar-refractivity contribution in [2.45, 2.75) is 31.0 Å². The molecular weight excluding hydrogens is 518 g/mol. The van der Waals surface area contributed by atoms with Crippen LogP contribution in [0.1, 0.15) is 23.5 Å². The number of carbonyl (C=O) groups excluding carboxylic acids is 2. The Kier molecular flexibility index (Phi) is 5.90. The maximum Gasteiger partial charge on any atom is 0.338 e. The lowest BCUT2D eigenvalue weighted by molar-refractivity contribution is -0.158. The van der Waals surface area contributed by atoms with Crippen LogP contribution in [0.3, 0.4) is 0 Å². The summed E-state index contributed by atoms with van der Waals surface area (Å²) in [5.74, 6) is -1.47. The normalized spacial score (nSPS) is 26.7. The van der Waals surface area contributed by atoms with E-state index in [1.165, 1.54) is 17.2 Å². The molecule has 2 aliphatic rings. The molecule has 0 radical (unpaired) electrons. The third kappa shape index (κ3) is 3.97. The Labute approximate surface area is 208 Å². The number of ether oxygens (including phenoxy) is 3. The fourth-order valence-electron chi connectivity index (χ4n) is 4.22. The third-order valence-corrected chi connectivity index (χ3v) is 7.02. The Balaban J connectivity index is 1.58. The van der Waals surface area contributed by atoms with Crippen molar-refractivity contribution < 1.29 is 36.4 Å². The van der Waals surface area contributed by atoms with Crippen LogP contribution < -0.4 is 5.73 Å². The van der Waals surface area contributed by atoms with Gasteiger partial charge in [-0.2, -0.15) is 8.42 Å². The zero-order valence-corrected chi connectivity index (χ0v) is 20.0. The summed E-state index contributed by atoms with van der Waals surface area (Å²) in [6.45, 7) is 0.635. The fourth-order valence-corrected chi connectivity index (χ4v) is 5.62. The first kappa shape index (κ1) is 24.1. The average Bonchev–Trinajstić information content (AvgIpc) is 3.45. The van der Waals surface area contributed by atoms with Crippen molar-refractivity contribution in [3.63, 3.8) is 0 Å². The molecule has 3 aromatic rings. The standard InChI is InChI=1S/C21H18ClN5O8S/c1-11(28)33-16-19(27-10-26-15-17(22)24-9-25-18(15)27)34-14(21(16)13(23)8-36(30,31)35-21)7-32-20(29)12-5-3-2-4-6-12/h2-6,8-10,14,16,19H,7,23H2,1H3/t14-,16+,19-,21-/m1/s1. The molecule has 0 aliphatic carbocycles. The molecule has 5 rings (SSSR count). The summed E-state index contributed by atoms with van der Waals surface area (Å²) in [4.78, 5) is 36.9. The Morgan fingerprint density at radius 2 is 1.97 bits per heavy atom. The highest BCUT2D eigenvalue weighted by atomic mass is 35.5. The number of esters is 2. The Bertz CT molecular complexity index is 1490. The minimum absolute atomic E-state index is 0.0583. The van der Waals surface area contributed by atoms with Gasteiger partial charge in [-0.25, -0.2) is 23.9 Å². The van der Waals surface area contributed by atoms with Gasteiger partial charge < -0.3 is 19.9 Å². The van der Waals surface area contributed by atoms with Gasteiger partial charge in [0, 0.05) is 6.92 Å². The summed E-state index contributed by atoms with van der Waals surface area (Å²) >= 11 is 6.11. The summed E-state index contributed by atoms with van der Waals surface area (Å²) in [7, 11) is -4.29. The molecule has 1 aromatic carbocycles. The Morgan fingerprint density at radius 1 is 1.22 bits per heavy atom. The second-order valence-electron chi connectivity index (χ2n) is 7.94. The second-order valence-corrected chi connectivity index (χ2v) is 9.69. The molecule has 15 heteroatoms. The number of fused-ring (bicyclic) bond motifs is 1. The van der Waals surface area contributed by atoms with E-state index in [1.54, 1.807) is 30.3 Å². The van der Waals surface area contributed by atoms with Crippen molar-refractivity contribution in [1.29, 1.82) is 0 Å². The lowest BCUT2D eigenvalue weighted by Gasteiger charge is -2.33. The Morgan fingerprint density at radius 3 is 2.64 bits per heavy atom. The first-order valence-electron chi connectivity index (χ1n) is 10.4. The largest absolute Gasteiger partial charge is 0.459 e. The predicted octanol–water partition coefficient (Wildman–Crippen LogP) is 1.06. The molecule has 2 N–H and O–H groups in total. The van der Waals surface area contributed by atoms with Crippen molar-refractivity contribution >= 4 is 44.8 Å². The quantitative estimate of drug-likeness (QED) is 0.280. The molecule has 1 spiro atoms. The van der Waals surface area contributed by atoms with E-state index in [1.807, 2.05) is 0 Å². The van der Waals surface area contributed by atoms with Gasteiger partial charge in [0.15, 0.2) is 28.7 Å². The molecule has 4 heterocycles. The zero-order valence-electron chi connectivity index (χ0n) is 18.5. The van der Waals surface area contributed by atoms with Gasteiger partial charge >= 0.3 is 11.9 Å². The van der Waals surface area contributed by atoms with Crippen LogP contribution in [0.4, 0.5) is 0 Å². The summed E-state index contributed by atoms with van der Waals surface area (Å²) in [6.07, 6.45) is -1.51. The first-order chi connectivity index (χ1) is 17.1. The zero-order chi connectivity index (χ0) is 25.7. The maximum atomic E-state index is 12.6. The summed E-state index contributed by atoms with van der Waals surface area (Å²) in [5, 5.41) is 0.759. The smallest absolute Gasteiger partial charge is 0.338 e. The SMILES string of the molecule is CC(=O)O[C@H]1[C@H](n2cnc3c(Cl)ncnc32)O[C@H](COC(=O)c2ccccc2)[C@@]12OS(=O)(=O)C=C2N. The number of carbonyl (C=O) groups is 2.